The van der Waals surface area contributed by atoms with Gasteiger partial charge in [-0.25, -0.2) is 9.50 Å². The van der Waals surface area contributed by atoms with Crippen molar-refractivity contribution < 1.29 is 4.74 Å². The SMILES string of the molecule is CNC1CC2CC(Oc3nc(-c4cnn(C)c4)cn4nccc34)C1C2.Cl. The fourth-order valence-electron chi connectivity index (χ4n) is 4.57. The van der Waals surface area contributed by atoms with Crippen molar-refractivity contribution in [2.45, 2.75) is 31.4 Å². The Balaban J connectivity index is 0.00000168. The summed E-state index contributed by atoms with van der Waals surface area (Å²) >= 11 is 0. The maximum atomic E-state index is 6.44. The van der Waals surface area contributed by atoms with Gasteiger partial charge in [0.1, 0.15) is 11.6 Å². The quantitative estimate of drug-likeness (QED) is 0.759. The molecule has 7 nitrogen and oxygen atoms in total. The number of hydrogen-bond donors (Lipinski definition) is 1. The van der Waals surface area contributed by atoms with Crippen LogP contribution < -0.4 is 10.1 Å². The van der Waals surface area contributed by atoms with Crippen LogP contribution >= 0.6 is 12.4 Å². The van der Waals surface area contributed by atoms with Crippen molar-refractivity contribution in [1.82, 2.24) is 29.7 Å². The summed E-state index contributed by atoms with van der Waals surface area (Å²) < 4.78 is 10.1. The van der Waals surface area contributed by atoms with Crippen molar-refractivity contribution >= 4 is 17.9 Å². The van der Waals surface area contributed by atoms with Crippen molar-refractivity contribution in [3.8, 4) is 17.1 Å². The summed E-state index contributed by atoms with van der Waals surface area (Å²) in [7, 11) is 3.96. The van der Waals surface area contributed by atoms with Gasteiger partial charge in [0, 0.05) is 30.8 Å². The van der Waals surface area contributed by atoms with Crippen LogP contribution in [0.2, 0.25) is 0 Å². The molecule has 0 radical (unpaired) electrons. The molecule has 2 saturated carbocycles. The average molecular weight is 375 g/mol. The van der Waals surface area contributed by atoms with Gasteiger partial charge in [-0.3, -0.25) is 4.68 Å². The average Bonchev–Trinajstić information content (AvgIpc) is 3.37. The number of ether oxygens (including phenoxy) is 1. The molecule has 26 heavy (non-hydrogen) atoms. The third-order valence-corrected chi connectivity index (χ3v) is 5.74. The second-order valence-electron chi connectivity index (χ2n) is 7.28. The highest BCUT2D eigenvalue weighted by Gasteiger charge is 2.47. The number of halogens is 1. The molecule has 3 aromatic rings. The fraction of sp³-hybridized carbons (Fsp3) is 0.500. The summed E-state index contributed by atoms with van der Waals surface area (Å²) in [6, 6.07) is 2.52. The van der Waals surface area contributed by atoms with Crippen molar-refractivity contribution in [3.05, 3.63) is 30.9 Å². The second-order valence-corrected chi connectivity index (χ2v) is 7.28. The number of nitrogens with zero attached hydrogens (tertiary/aromatic N) is 5. The van der Waals surface area contributed by atoms with Crippen LogP contribution in [-0.4, -0.2) is 43.6 Å². The minimum atomic E-state index is 0. The maximum Gasteiger partial charge on any atom is 0.240 e. The Bertz CT molecular complexity index is 921. The zero-order valence-corrected chi connectivity index (χ0v) is 15.7. The van der Waals surface area contributed by atoms with E-state index in [0.29, 0.717) is 17.8 Å². The van der Waals surface area contributed by atoms with Gasteiger partial charge in [-0.1, -0.05) is 0 Å². The first-order valence-corrected chi connectivity index (χ1v) is 8.88. The highest BCUT2D eigenvalue weighted by atomic mass is 35.5. The van der Waals surface area contributed by atoms with Gasteiger partial charge >= 0.3 is 0 Å². The predicted octanol–water partition coefficient (Wildman–Crippen LogP) is 2.32. The molecule has 5 rings (SSSR count). The Hall–Kier alpha value is -2.12. The molecule has 3 heterocycles. The Labute approximate surface area is 158 Å². The monoisotopic (exact) mass is 374 g/mol. The van der Waals surface area contributed by atoms with E-state index in [1.54, 1.807) is 10.9 Å². The minimum absolute atomic E-state index is 0. The Morgan fingerprint density at radius 3 is 2.81 bits per heavy atom. The zero-order valence-electron chi connectivity index (χ0n) is 14.9. The first kappa shape index (κ1) is 17.3. The number of rotatable bonds is 4. The summed E-state index contributed by atoms with van der Waals surface area (Å²) in [6.07, 6.45) is 11.4. The Kier molecular flexibility index (Phi) is 4.36. The molecule has 0 amide bonds. The normalized spacial score (nSPS) is 27.0. The van der Waals surface area contributed by atoms with Crippen LogP contribution in [-0.2, 0) is 7.05 Å². The molecule has 2 bridgehead atoms. The van der Waals surface area contributed by atoms with Crippen molar-refractivity contribution in [2.75, 3.05) is 7.05 Å². The lowest BCUT2D eigenvalue weighted by Gasteiger charge is -2.29. The van der Waals surface area contributed by atoms with Crippen LogP contribution in [0.25, 0.3) is 16.8 Å². The predicted molar refractivity (Wildman–Crippen MR) is 101 cm³/mol. The molecule has 138 valence electrons. The van der Waals surface area contributed by atoms with Gasteiger partial charge in [-0.2, -0.15) is 10.2 Å². The molecular formula is C18H23ClN6O. The summed E-state index contributed by atoms with van der Waals surface area (Å²) in [5.41, 5.74) is 2.70. The third-order valence-electron chi connectivity index (χ3n) is 5.74. The highest BCUT2D eigenvalue weighted by Crippen LogP contribution is 2.46. The van der Waals surface area contributed by atoms with E-state index in [1.165, 1.54) is 12.8 Å². The van der Waals surface area contributed by atoms with E-state index < -0.39 is 0 Å². The first-order chi connectivity index (χ1) is 12.2. The van der Waals surface area contributed by atoms with Gasteiger partial charge in [-0.15, -0.1) is 12.4 Å². The van der Waals surface area contributed by atoms with Gasteiger partial charge in [0.2, 0.25) is 5.88 Å². The Morgan fingerprint density at radius 1 is 1.19 bits per heavy atom. The number of aromatic nitrogens is 5. The number of fused-ring (bicyclic) bond motifs is 3. The van der Waals surface area contributed by atoms with E-state index in [9.17, 15) is 0 Å². The lowest BCUT2D eigenvalue weighted by molar-refractivity contribution is 0.115. The topological polar surface area (TPSA) is 69.3 Å². The van der Waals surface area contributed by atoms with Crippen LogP contribution in [0.15, 0.2) is 30.9 Å². The molecule has 4 atom stereocenters. The number of aryl methyl sites for hydroxylation is 1. The molecule has 0 saturated heterocycles. The van der Waals surface area contributed by atoms with E-state index in [0.717, 1.165) is 29.1 Å². The van der Waals surface area contributed by atoms with E-state index in [-0.39, 0.29) is 18.5 Å². The van der Waals surface area contributed by atoms with Crippen molar-refractivity contribution in [2.24, 2.45) is 18.9 Å². The van der Waals surface area contributed by atoms with Crippen molar-refractivity contribution in [3.63, 3.8) is 0 Å². The first-order valence-electron chi connectivity index (χ1n) is 8.88. The standard InChI is InChI=1S/C18H22N6O.ClH/c1-19-14-6-11-5-13(14)17(7-11)25-18-16-3-4-20-24(16)10-15(22-18)12-8-21-23(2)9-12;/h3-4,8-11,13-14,17,19H,5-7H2,1-2H3;1H. The van der Waals surface area contributed by atoms with Gasteiger partial charge in [0.05, 0.1) is 24.3 Å². The van der Waals surface area contributed by atoms with E-state index in [4.69, 9.17) is 9.72 Å². The number of nitrogens with one attached hydrogen (secondary N) is 1. The minimum Gasteiger partial charge on any atom is -0.472 e. The van der Waals surface area contributed by atoms with Crippen LogP contribution in [0.1, 0.15) is 19.3 Å². The van der Waals surface area contributed by atoms with Crippen LogP contribution in [0.5, 0.6) is 5.88 Å². The zero-order chi connectivity index (χ0) is 17.0. The van der Waals surface area contributed by atoms with Crippen LogP contribution in [0.3, 0.4) is 0 Å². The summed E-state index contributed by atoms with van der Waals surface area (Å²) in [6.45, 7) is 0. The summed E-state index contributed by atoms with van der Waals surface area (Å²) in [5.74, 6) is 2.02. The molecule has 2 aliphatic carbocycles. The molecule has 0 spiro atoms. The smallest absolute Gasteiger partial charge is 0.240 e. The maximum absolute atomic E-state index is 6.44. The largest absolute Gasteiger partial charge is 0.472 e. The summed E-state index contributed by atoms with van der Waals surface area (Å²) in [5, 5.41) is 12.1. The van der Waals surface area contributed by atoms with Gasteiger partial charge in [0.15, 0.2) is 0 Å². The lowest BCUT2D eigenvalue weighted by atomic mass is 9.93. The molecule has 0 aromatic carbocycles. The number of hydrogen-bond acceptors (Lipinski definition) is 5. The highest BCUT2D eigenvalue weighted by molar-refractivity contribution is 5.85. The van der Waals surface area contributed by atoms with Gasteiger partial charge in [-0.05, 0) is 38.3 Å². The van der Waals surface area contributed by atoms with Gasteiger partial charge in [0.25, 0.3) is 0 Å². The summed E-state index contributed by atoms with van der Waals surface area (Å²) in [4.78, 5) is 4.80. The van der Waals surface area contributed by atoms with E-state index in [2.05, 4.69) is 22.6 Å². The molecule has 3 aromatic heterocycles. The van der Waals surface area contributed by atoms with Crippen molar-refractivity contribution in [1.29, 1.82) is 0 Å². The second kappa shape index (κ2) is 6.55. The fourth-order valence-corrected chi connectivity index (χ4v) is 4.57. The molecule has 0 aliphatic heterocycles. The molecule has 8 heteroatoms. The van der Waals surface area contributed by atoms with E-state index >= 15 is 0 Å². The molecule has 1 N–H and O–H groups in total. The molecular weight excluding hydrogens is 352 g/mol. The molecule has 2 aliphatic rings. The van der Waals surface area contributed by atoms with Crippen LogP contribution in [0.4, 0.5) is 0 Å². The van der Waals surface area contributed by atoms with E-state index in [1.807, 2.05) is 36.2 Å². The lowest BCUT2D eigenvalue weighted by Crippen LogP contribution is -2.40. The van der Waals surface area contributed by atoms with Crippen LogP contribution in [0, 0.1) is 11.8 Å². The molecule has 4 unspecified atom stereocenters. The molecule has 2 fully saturated rings. The third kappa shape index (κ3) is 2.75. The Morgan fingerprint density at radius 2 is 2.08 bits per heavy atom. The van der Waals surface area contributed by atoms with Gasteiger partial charge < -0.3 is 10.1 Å².